The second-order valence-electron chi connectivity index (χ2n) is 8.26. The lowest BCUT2D eigenvalue weighted by molar-refractivity contribution is 0.443. The van der Waals surface area contributed by atoms with Gasteiger partial charge in [-0.2, -0.15) is 0 Å². The highest BCUT2D eigenvalue weighted by Crippen LogP contribution is 2.36. The van der Waals surface area contributed by atoms with Gasteiger partial charge in [-0.3, -0.25) is 5.41 Å². The van der Waals surface area contributed by atoms with Gasteiger partial charge >= 0.3 is 0 Å². The number of hydrogen-bond donors (Lipinski definition) is 2. The highest BCUT2D eigenvalue weighted by atomic mass is 15.3. The molecule has 146 valence electrons. The second kappa shape index (κ2) is 7.40. The van der Waals surface area contributed by atoms with Gasteiger partial charge in [0.2, 0.25) is 0 Å². The van der Waals surface area contributed by atoms with Crippen LogP contribution in [0.5, 0.6) is 0 Å². The van der Waals surface area contributed by atoms with Crippen molar-refractivity contribution < 1.29 is 0 Å². The fourth-order valence-electron chi connectivity index (χ4n) is 4.78. The molecular formula is C26H27N3. The number of rotatable bonds is 3. The first-order valence-corrected chi connectivity index (χ1v) is 10.6. The number of nitrogens with one attached hydrogen (secondary N) is 2. The normalized spacial score (nSPS) is 15.6. The quantitative estimate of drug-likeness (QED) is 0.301. The molecule has 2 aliphatic carbocycles. The summed E-state index contributed by atoms with van der Waals surface area (Å²) in [6, 6.07) is 19.4. The molecule has 0 heterocycles. The molecule has 0 aliphatic heterocycles. The van der Waals surface area contributed by atoms with Gasteiger partial charge in [-0.15, -0.1) is 0 Å². The van der Waals surface area contributed by atoms with Crippen molar-refractivity contribution in [2.24, 2.45) is 0 Å². The molecule has 1 saturated carbocycles. The molecule has 3 aromatic rings. The van der Waals surface area contributed by atoms with Gasteiger partial charge < -0.3 is 10.2 Å². The van der Waals surface area contributed by atoms with E-state index in [0.29, 0.717) is 11.9 Å². The molecule has 5 rings (SSSR count). The van der Waals surface area contributed by atoms with Crippen molar-refractivity contribution in [2.45, 2.75) is 38.0 Å². The van der Waals surface area contributed by atoms with Crippen LogP contribution in [0.1, 0.15) is 54.7 Å². The van der Waals surface area contributed by atoms with Crippen LogP contribution in [0.3, 0.4) is 0 Å². The van der Waals surface area contributed by atoms with Crippen molar-refractivity contribution in [1.82, 2.24) is 0 Å². The van der Waals surface area contributed by atoms with E-state index < -0.39 is 0 Å². The van der Waals surface area contributed by atoms with Gasteiger partial charge in [0.25, 0.3) is 0 Å². The Bertz CT molecular complexity index is 1090. The van der Waals surface area contributed by atoms with E-state index in [4.69, 9.17) is 5.41 Å². The molecule has 0 spiro atoms. The predicted molar refractivity (Wildman–Crippen MR) is 125 cm³/mol. The molecule has 3 nitrogen and oxygen atoms in total. The van der Waals surface area contributed by atoms with Gasteiger partial charge in [0, 0.05) is 24.0 Å². The van der Waals surface area contributed by atoms with Gasteiger partial charge in [-0.1, -0.05) is 67.8 Å². The number of guanidine groups is 1. The van der Waals surface area contributed by atoms with E-state index in [0.717, 1.165) is 11.4 Å². The Morgan fingerprint density at radius 2 is 1.72 bits per heavy atom. The molecule has 0 saturated heterocycles. The summed E-state index contributed by atoms with van der Waals surface area (Å²) < 4.78 is 0. The minimum atomic E-state index is 0.379. The zero-order chi connectivity index (χ0) is 19.8. The van der Waals surface area contributed by atoms with Gasteiger partial charge in [0.05, 0.1) is 0 Å². The lowest BCUT2D eigenvalue weighted by Crippen LogP contribution is -2.32. The third-order valence-corrected chi connectivity index (χ3v) is 6.49. The standard InChI is InChI=1S/C26H27N3/c1-29(22-14-10-19(11-15-22)18-6-3-2-4-7-18)26(27)28-24-17-13-21-9-5-8-20-12-16-23(24)25(20)21/h5,8-18H,2-4,6-7H2,1H3,(H2,27,28). The minimum Gasteiger partial charge on any atom is -0.326 e. The highest BCUT2D eigenvalue weighted by molar-refractivity contribution is 6.12. The first-order valence-electron chi connectivity index (χ1n) is 10.6. The summed E-state index contributed by atoms with van der Waals surface area (Å²) >= 11 is 0. The fraction of sp³-hybridized carbons (Fsp3) is 0.269. The molecule has 2 N–H and O–H groups in total. The summed E-state index contributed by atoms with van der Waals surface area (Å²) in [5.41, 5.74) is 5.88. The molecule has 3 aromatic carbocycles. The summed E-state index contributed by atoms with van der Waals surface area (Å²) in [7, 11) is 1.95. The number of anilines is 2. The van der Waals surface area contributed by atoms with Crippen LogP contribution in [-0.2, 0) is 0 Å². The summed E-state index contributed by atoms with van der Waals surface area (Å²) in [4.78, 5) is 1.91. The Morgan fingerprint density at radius 1 is 0.931 bits per heavy atom. The molecule has 1 fully saturated rings. The predicted octanol–water partition coefficient (Wildman–Crippen LogP) is 6.85. The van der Waals surface area contributed by atoms with Gasteiger partial charge in [-0.05, 0) is 58.9 Å². The maximum atomic E-state index is 8.61. The van der Waals surface area contributed by atoms with Crippen molar-refractivity contribution in [3.8, 4) is 0 Å². The average molecular weight is 382 g/mol. The molecule has 0 unspecified atom stereocenters. The zero-order valence-electron chi connectivity index (χ0n) is 16.9. The fourth-order valence-corrected chi connectivity index (χ4v) is 4.78. The SMILES string of the molecule is CN(C(=N)Nc1ccc2cccc3c2c1C=C3)c1ccc(C2CCCCC2)cc1. The van der Waals surface area contributed by atoms with E-state index in [2.05, 4.69) is 72.1 Å². The van der Waals surface area contributed by atoms with E-state index in [1.807, 2.05) is 11.9 Å². The highest BCUT2D eigenvalue weighted by Gasteiger charge is 2.17. The molecule has 0 bridgehead atoms. The van der Waals surface area contributed by atoms with Crippen LogP contribution in [0, 0.1) is 5.41 Å². The van der Waals surface area contributed by atoms with Crippen molar-refractivity contribution in [3.05, 3.63) is 71.3 Å². The van der Waals surface area contributed by atoms with E-state index in [1.54, 1.807) is 0 Å². The van der Waals surface area contributed by atoms with Crippen LogP contribution in [0.2, 0.25) is 0 Å². The maximum Gasteiger partial charge on any atom is 0.199 e. The second-order valence-corrected chi connectivity index (χ2v) is 8.26. The number of benzene rings is 3. The van der Waals surface area contributed by atoms with Crippen LogP contribution in [0.4, 0.5) is 11.4 Å². The Kier molecular flexibility index (Phi) is 4.59. The summed E-state index contributed by atoms with van der Waals surface area (Å²) in [6.07, 6.45) is 11.0. The third kappa shape index (κ3) is 3.31. The van der Waals surface area contributed by atoms with Crippen LogP contribution >= 0.6 is 0 Å². The first kappa shape index (κ1) is 18.0. The average Bonchev–Trinajstić information content (AvgIpc) is 3.22. The Morgan fingerprint density at radius 3 is 2.52 bits per heavy atom. The monoisotopic (exact) mass is 381 g/mol. The topological polar surface area (TPSA) is 39.1 Å². The lowest BCUT2D eigenvalue weighted by Gasteiger charge is -2.24. The molecular weight excluding hydrogens is 354 g/mol. The number of hydrogen-bond acceptors (Lipinski definition) is 1. The first-order chi connectivity index (χ1) is 14.2. The molecule has 0 radical (unpaired) electrons. The molecule has 29 heavy (non-hydrogen) atoms. The Labute approximate surface area is 172 Å². The van der Waals surface area contributed by atoms with Crippen LogP contribution in [0.25, 0.3) is 22.9 Å². The van der Waals surface area contributed by atoms with Crippen LogP contribution in [-0.4, -0.2) is 13.0 Å². The van der Waals surface area contributed by atoms with Gasteiger partial charge in [0.15, 0.2) is 5.96 Å². The molecule has 0 atom stereocenters. The van der Waals surface area contributed by atoms with E-state index >= 15 is 0 Å². The van der Waals surface area contributed by atoms with Gasteiger partial charge in [0.1, 0.15) is 0 Å². The Hall–Kier alpha value is -3.07. The smallest absolute Gasteiger partial charge is 0.199 e. The lowest BCUT2D eigenvalue weighted by atomic mass is 9.84. The Balaban J connectivity index is 1.34. The van der Waals surface area contributed by atoms with Crippen LogP contribution in [0.15, 0.2) is 54.6 Å². The van der Waals surface area contributed by atoms with Crippen molar-refractivity contribution >= 4 is 40.3 Å². The van der Waals surface area contributed by atoms with Crippen molar-refractivity contribution in [1.29, 1.82) is 5.41 Å². The molecule has 0 aromatic heterocycles. The van der Waals surface area contributed by atoms with Gasteiger partial charge in [-0.25, -0.2) is 0 Å². The molecule has 2 aliphatic rings. The molecule has 3 heteroatoms. The van der Waals surface area contributed by atoms with E-state index in [1.165, 1.54) is 59.6 Å². The summed E-state index contributed by atoms with van der Waals surface area (Å²) in [5, 5.41) is 14.4. The third-order valence-electron chi connectivity index (χ3n) is 6.49. The minimum absolute atomic E-state index is 0.379. The maximum absolute atomic E-state index is 8.61. The van der Waals surface area contributed by atoms with E-state index in [-0.39, 0.29) is 0 Å². The van der Waals surface area contributed by atoms with Crippen molar-refractivity contribution in [2.75, 3.05) is 17.3 Å². The number of nitrogens with zero attached hydrogens (tertiary/aromatic N) is 1. The van der Waals surface area contributed by atoms with Crippen molar-refractivity contribution in [3.63, 3.8) is 0 Å². The zero-order valence-corrected chi connectivity index (χ0v) is 16.9. The molecule has 0 amide bonds. The summed E-state index contributed by atoms with van der Waals surface area (Å²) in [6.45, 7) is 0. The largest absolute Gasteiger partial charge is 0.326 e. The summed E-state index contributed by atoms with van der Waals surface area (Å²) in [5.74, 6) is 1.09. The van der Waals surface area contributed by atoms with Crippen LogP contribution < -0.4 is 10.2 Å². The van der Waals surface area contributed by atoms with E-state index in [9.17, 15) is 0 Å².